The van der Waals surface area contributed by atoms with Crippen molar-refractivity contribution in [3.63, 3.8) is 0 Å². The molecular formula is C9H8N2O3S. The number of hydrogen-bond acceptors (Lipinski definition) is 5. The summed E-state index contributed by atoms with van der Waals surface area (Å²) in [5, 5.41) is 10.6. The van der Waals surface area contributed by atoms with Crippen LogP contribution in [-0.2, 0) is 0 Å². The Morgan fingerprint density at radius 2 is 2.40 bits per heavy atom. The molecule has 1 heterocycles. The van der Waals surface area contributed by atoms with Crippen molar-refractivity contribution in [3.05, 3.63) is 27.9 Å². The number of pyridine rings is 1. The van der Waals surface area contributed by atoms with Crippen LogP contribution in [-0.4, -0.2) is 22.8 Å². The number of nitro groups is 1. The highest BCUT2D eigenvalue weighted by Gasteiger charge is 2.14. The Hall–Kier alpha value is -1.74. The lowest BCUT2D eigenvalue weighted by Gasteiger charge is -1.99. The van der Waals surface area contributed by atoms with Gasteiger partial charge in [0.15, 0.2) is 5.69 Å². The van der Waals surface area contributed by atoms with Crippen LogP contribution in [0.5, 0.6) is 5.88 Å². The summed E-state index contributed by atoms with van der Waals surface area (Å²) in [5.41, 5.74) is -0.0431. The van der Waals surface area contributed by atoms with Gasteiger partial charge < -0.3 is 4.74 Å². The third-order valence-corrected chi connectivity index (χ3v) is 1.70. The summed E-state index contributed by atoms with van der Waals surface area (Å²) in [6, 6.07) is 2.73. The monoisotopic (exact) mass is 224 g/mol. The molecule has 0 N–H and O–H groups in total. The lowest BCUT2D eigenvalue weighted by atomic mass is 10.3. The summed E-state index contributed by atoms with van der Waals surface area (Å²) in [6.07, 6.45) is 0. The number of nitrogens with zero attached hydrogens (tertiary/aromatic N) is 2. The molecule has 1 rings (SSSR count). The molecule has 0 saturated heterocycles. The van der Waals surface area contributed by atoms with Crippen LogP contribution in [0.2, 0.25) is 0 Å². The standard InChI is InChI=1S/C9H8N2O3S/c1-14-9-5-4-8(11(12)13)7(10-9)3-2-6-15/h4-5,15H,6H2,1H3. The average molecular weight is 224 g/mol. The van der Waals surface area contributed by atoms with Crippen LogP contribution < -0.4 is 4.74 Å². The van der Waals surface area contributed by atoms with Crippen molar-refractivity contribution in [1.29, 1.82) is 0 Å². The topological polar surface area (TPSA) is 65.3 Å². The van der Waals surface area contributed by atoms with Gasteiger partial charge in [0, 0.05) is 12.1 Å². The molecule has 6 heteroatoms. The van der Waals surface area contributed by atoms with E-state index in [-0.39, 0.29) is 11.4 Å². The largest absolute Gasteiger partial charge is 0.481 e. The molecule has 0 aliphatic heterocycles. The fourth-order valence-electron chi connectivity index (χ4n) is 0.910. The normalized spacial score (nSPS) is 8.93. The second-order valence-corrected chi connectivity index (χ2v) is 2.75. The molecule has 1 aromatic rings. The molecule has 0 amide bonds. The maximum Gasteiger partial charge on any atom is 0.303 e. The molecule has 0 spiro atoms. The highest BCUT2D eigenvalue weighted by Crippen LogP contribution is 2.18. The lowest BCUT2D eigenvalue weighted by Crippen LogP contribution is -1.97. The second-order valence-electron chi connectivity index (χ2n) is 2.44. The summed E-state index contributed by atoms with van der Waals surface area (Å²) in [7, 11) is 1.43. The smallest absolute Gasteiger partial charge is 0.303 e. The summed E-state index contributed by atoms with van der Waals surface area (Å²) in [6.45, 7) is 0. The van der Waals surface area contributed by atoms with Gasteiger partial charge >= 0.3 is 5.69 Å². The van der Waals surface area contributed by atoms with E-state index in [4.69, 9.17) is 4.74 Å². The van der Waals surface area contributed by atoms with E-state index in [1.54, 1.807) is 0 Å². The van der Waals surface area contributed by atoms with Crippen LogP contribution in [0.1, 0.15) is 5.69 Å². The van der Waals surface area contributed by atoms with E-state index in [2.05, 4.69) is 29.5 Å². The third-order valence-electron chi connectivity index (χ3n) is 1.54. The fourth-order valence-corrected chi connectivity index (χ4v) is 0.989. The summed E-state index contributed by atoms with van der Waals surface area (Å²) >= 11 is 3.88. The van der Waals surface area contributed by atoms with Gasteiger partial charge in [-0.1, -0.05) is 5.92 Å². The molecule has 0 unspecified atom stereocenters. The molecular weight excluding hydrogens is 216 g/mol. The molecule has 0 saturated carbocycles. The van der Waals surface area contributed by atoms with Crippen LogP contribution in [0.25, 0.3) is 0 Å². The van der Waals surface area contributed by atoms with E-state index >= 15 is 0 Å². The highest BCUT2D eigenvalue weighted by atomic mass is 32.1. The molecule has 0 fully saturated rings. The molecule has 0 atom stereocenters. The SMILES string of the molecule is COc1ccc([N+](=O)[O-])c(C#CCS)n1. The summed E-state index contributed by atoms with van der Waals surface area (Å²) in [4.78, 5) is 14.0. The van der Waals surface area contributed by atoms with Crippen LogP contribution >= 0.6 is 12.6 Å². The molecule has 0 aliphatic rings. The van der Waals surface area contributed by atoms with Gasteiger partial charge in [-0.3, -0.25) is 10.1 Å². The fraction of sp³-hybridized carbons (Fsp3) is 0.222. The first-order valence-electron chi connectivity index (χ1n) is 3.98. The van der Waals surface area contributed by atoms with Crippen LogP contribution in [0.15, 0.2) is 12.1 Å². The quantitative estimate of drug-likeness (QED) is 0.355. The van der Waals surface area contributed by atoms with E-state index in [1.165, 1.54) is 19.2 Å². The van der Waals surface area contributed by atoms with Crippen molar-refractivity contribution in [3.8, 4) is 17.7 Å². The van der Waals surface area contributed by atoms with Gasteiger partial charge in [0.05, 0.1) is 17.8 Å². The minimum atomic E-state index is -0.533. The first-order chi connectivity index (χ1) is 7.19. The Bertz CT molecular complexity index is 437. The van der Waals surface area contributed by atoms with Gasteiger partial charge in [0.2, 0.25) is 5.88 Å². The van der Waals surface area contributed by atoms with Gasteiger partial charge in [-0.2, -0.15) is 17.6 Å². The van der Waals surface area contributed by atoms with Crippen LogP contribution in [0.4, 0.5) is 5.69 Å². The zero-order valence-corrected chi connectivity index (χ0v) is 8.82. The third kappa shape index (κ3) is 2.86. The molecule has 78 valence electrons. The first-order valence-corrected chi connectivity index (χ1v) is 4.61. The predicted octanol–water partition coefficient (Wildman–Crippen LogP) is 1.28. The van der Waals surface area contributed by atoms with Crippen molar-refractivity contribution in [2.45, 2.75) is 0 Å². The van der Waals surface area contributed by atoms with Gasteiger partial charge in [0.1, 0.15) is 0 Å². The van der Waals surface area contributed by atoms with Crippen molar-refractivity contribution in [2.75, 3.05) is 12.9 Å². The van der Waals surface area contributed by atoms with Crippen molar-refractivity contribution < 1.29 is 9.66 Å². The Morgan fingerprint density at radius 1 is 1.67 bits per heavy atom. The summed E-state index contributed by atoms with van der Waals surface area (Å²) < 4.78 is 4.85. The van der Waals surface area contributed by atoms with Gasteiger partial charge in [-0.05, 0) is 5.92 Å². The molecule has 0 bridgehead atoms. The van der Waals surface area contributed by atoms with Crippen molar-refractivity contribution in [2.24, 2.45) is 0 Å². The molecule has 0 aliphatic carbocycles. The van der Waals surface area contributed by atoms with Gasteiger partial charge in [0.25, 0.3) is 0 Å². The Morgan fingerprint density at radius 3 is 2.93 bits per heavy atom. The Kier molecular flexibility index (Phi) is 3.94. The summed E-state index contributed by atoms with van der Waals surface area (Å²) in [5.74, 6) is 5.77. The van der Waals surface area contributed by atoms with Crippen LogP contribution in [0.3, 0.4) is 0 Å². The minimum absolute atomic E-state index is 0.0911. The second kappa shape index (κ2) is 5.22. The number of aromatic nitrogens is 1. The van der Waals surface area contributed by atoms with Crippen molar-refractivity contribution >= 4 is 18.3 Å². The number of thiol groups is 1. The van der Waals surface area contributed by atoms with Crippen LogP contribution in [0, 0.1) is 22.0 Å². The van der Waals surface area contributed by atoms with Gasteiger partial charge in [-0.25, -0.2) is 0 Å². The van der Waals surface area contributed by atoms with Gasteiger partial charge in [-0.15, -0.1) is 0 Å². The van der Waals surface area contributed by atoms with E-state index in [0.717, 1.165) is 0 Å². The number of ether oxygens (including phenoxy) is 1. The number of rotatable bonds is 2. The zero-order valence-electron chi connectivity index (χ0n) is 7.93. The zero-order chi connectivity index (χ0) is 11.3. The maximum absolute atomic E-state index is 10.6. The number of methoxy groups -OCH3 is 1. The van der Waals surface area contributed by atoms with Crippen molar-refractivity contribution in [1.82, 2.24) is 4.98 Å². The predicted molar refractivity (Wildman–Crippen MR) is 58.2 cm³/mol. The Balaban J connectivity index is 3.22. The first kappa shape index (κ1) is 11.3. The molecule has 0 radical (unpaired) electrons. The average Bonchev–Trinajstić information content (AvgIpc) is 2.25. The molecule has 5 nitrogen and oxygen atoms in total. The minimum Gasteiger partial charge on any atom is -0.481 e. The van der Waals surface area contributed by atoms with E-state index < -0.39 is 4.92 Å². The highest BCUT2D eigenvalue weighted by molar-refractivity contribution is 7.80. The Labute approximate surface area is 92.0 Å². The number of hydrogen-bond donors (Lipinski definition) is 1. The lowest BCUT2D eigenvalue weighted by molar-refractivity contribution is -0.385. The van der Waals surface area contributed by atoms with E-state index in [1.807, 2.05) is 0 Å². The van der Waals surface area contributed by atoms with E-state index in [9.17, 15) is 10.1 Å². The molecule has 15 heavy (non-hydrogen) atoms. The molecule has 1 aromatic heterocycles. The van der Waals surface area contributed by atoms with E-state index in [0.29, 0.717) is 11.6 Å². The maximum atomic E-state index is 10.6. The molecule has 0 aromatic carbocycles.